The zero-order valence-electron chi connectivity index (χ0n) is 9.60. The van der Waals surface area contributed by atoms with Crippen LogP contribution >= 0.6 is 0 Å². The van der Waals surface area contributed by atoms with Gasteiger partial charge in [-0.25, -0.2) is 4.79 Å². The summed E-state index contributed by atoms with van der Waals surface area (Å²) in [7, 11) is 0. The highest BCUT2D eigenvalue weighted by atomic mass is 16.4. The predicted octanol–water partition coefficient (Wildman–Crippen LogP) is 2.10. The van der Waals surface area contributed by atoms with E-state index in [2.05, 4.69) is 5.32 Å². The molecular weight excluding hydrogens is 218 g/mol. The Morgan fingerprint density at radius 3 is 2.76 bits per heavy atom. The van der Waals surface area contributed by atoms with Crippen molar-refractivity contribution >= 4 is 11.7 Å². The maximum atomic E-state index is 10.8. The lowest BCUT2D eigenvalue weighted by Gasteiger charge is -2.29. The van der Waals surface area contributed by atoms with E-state index in [1.807, 2.05) is 6.07 Å². The van der Waals surface area contributed by atoms with Gasteiger partial charge in [0, 0.05) is 5.69 Å². The SMILES string of the molecule is O=C(O)c1cccc(NC2CCCCC2O)c1. The summed E-state index contributed by atoms with van der Waals surface area (Å²) in [6, 6.07) is 6.73. The van der Waals surface area contributed by atoms with Crippen LogP contribution in [0.5, 0.6) is 0 Å². The van der Waals surface area contributed by atoms with Gasteiger partial charge >= 0.3 is 5.97 Å². The first-order chi connectivity index (χ1) is 8.16. The van der Waals surface area contributed by atoms with Crippen molar-refractivity contribution < 1.29 is 15.0 Å². The Balaban J connectivity index is 2.07. The first-order valence-corrected chi connectivity index (χ1v) is 5.95. The molecule has 0 bridgehead atoms. The Kier molecular flexibility index (Phi) is 3.64. The van der Waals surface area contributed by atoms with E-state index >= 15 is 0 Å². The highest BCUT2D eigenvalue weighted by Crippen LogP contribution is 2.22. The van der Waals surface area contributed by atoms with Crippen LogP contribution < -0.4 is 5.32 Å². The molecule has 2 rings (SSSR count). The molecule has 0 amide bonds. The first-order valence-electron chi connectivity index (χ1n) is 5.95. The van der Waals surface area contributed by atoms with E-state index in [-0.39, 0.29) is 17.7 Å². The predicted molar refractivity (Wildman–Crippen MR) is 65.3 cm³/mol. The summed E-state index contributed by atoms with van der Waals surface area (Å²) in [4.78, 5) is 10.8. The zero-order chi connectivity index (χ0) is 12.3. The maximum Gasteiger partial charge on any atom is 0.335 e. The molecule has 2 atom stereocenters. The minimum absolute atomic E-state index is 0.0350. The Morgan fingerprint density at radius 1 is 1.29 bits per heavy atom. The molecule has 0 aromatic heterocycles. The smallest absolute Gasteiger partial charge is 0.335 e. The van der Waals surface area contributed by atoms with Crippen LogP contribution in [0, 0.1) is 0 Å². The molecule has 0 heterocycles. The number of carboxylic acids is 1. The van der Waals surface area contributed by atoms with Crippen LogP contribution in [0.15, 0.2) is 24.3 Å². The van der Waals surface area contributed by atoms with Crippen molar-refractivity contribution in [3.8, 4) is 0 Å². The van der Waals surface area contributed by atoms with Gasteiger partial charge in [0.25, 0.3) is 0 Å². The number of carboxylic acid groups (broad SMARTS) is 1. The van der Waals surface area contributed by atoms with Crippen molar-refractivity contribution in [1.29, 1.82) is 0 Å². The Bertz CT molecular complexity index is 405. The van der Waals surface area contributed by atoms with Gasteiger partial charge in [-0.1, -0.05) is 18.9 Å². The van der Waals surface area contributed by atoms with Gasteiger partial charge in [-0.3, -0.25) is 0 Å². The average molecular weight is 235 g/mol. The lowest BCUT2D eigenvalue weighted by molar-refractivity contribution is 0.0697. The fraction of sp³-hybridized carbons (Fsp3) is 0.462. The Morgan fingerprint density at radius 2 is 2.06 bits per heavy atom. The number of hydrogen-bond donors (Lipinski definition) is 3. The number of nitrogens with one attached hydrogen (secondary N) is 1. The Hall–Kier alpha value is -1.55. The second kappa shape index (κ2) is 5.19. The van der Waals surface area contributed by atoms with Crippen LogP contribution in [0.25, 0.3) is 0 Å². The largest absolute Gasteiger partial charge is 0.478 e. The number of hydrogen-bond acceptors (Lipinski definition) is 3. The average Bonchev–Trinajstić information content (AvgIpc) is 2.32. The third kappa shape index (κ3) is 2.97. The Labute approximate surface area is 100 Å². The fourth-order valence-electron chi connectivity index (χ4n) is 2.24. The van der Waals surface area contributed by atoms with E-state index < -0.39 is 5.97 Å². The third-order valence-electron chi connectivity index (χ3n) is 3.19. The molecule has 1 aliphatic carbocycles. The monoisotopic (exact) mass is 235 g/mol. The summed E-state index contributed by atoms with van der Waals surface area (Å²) in [5.41, 5.74) is 1.02. The topological polar surface area (TPSA) is 69.6 Å². The number of carbonyl (C=O) groups is 1. The molecule has 1 aliphatic rings. The van der Waals surface area contributed by atoms with Crippen molar-refractivity contribution in [3.63, 3.8) is 0 Å². The number of rotatable bonds is 3. The molecule has 0 saturated heterocycles. The molecule has 0 aliphatic heterocycles. The highest BCUT2D eigenvalue weighted by Gasteiger charge is 2.22. The summed E-state index contributed by atoms with van der Waals surface area (Å²) in [6.45, 7) is 0. The van der Waals surface area contributed by atoms with E-state index in [4.69, 9.17) is 5.11 Å². The summed E-state index contributed by atoms with van der Waals surface area (Å²) in [5, 5.41) is 21.9. The van der Waals surface area contributed by atoms with Gasteiger partial charge in [0.15, 0.2) is 0 Å². The second-order valence-corrected chi connectivity index (χ2v) is 4.49. The zero-order valence-corrected chi connectivity index (χ0v) is 9.60. The second-order valence-electron chi connectivity index (χ2n) is 4.49. The van der Waals surface area contributed by atoms with Crippen LogP contribution in [0.1, 0.15) is 36.0 Å². The summed E-state index contributed by atoms with van der Waals surface area (Å²) < 4.78 is 0. The number of aromatic carboxylic acids is 1. The van der Waals surface area contributed by atoms with Crippen molar-refractivity contribution in [1.82, 2.24) is 0 Å². The van der Waals surface area contributed by atoms with Crippen LogP contribution in [0.2, 0.25) is 0 Å². The maximum absolute atomic E-state index is 10.8. The molecule has 0 radical (unpaired) electrons. The third-order valence-corrected chi connectivity index (χ3v) is 3.19. The molecule has 92 valence electrons. The molecular formula is C13H17NO3. The van der Waals surface area contributed by atoms with Gasteiger partial charge in [-0.05, 0) is 31.0 Å². The molecule has 1 fully saturated rings. The van der Waals surface area contributed by atoms with Crippen molar-refractivity contribution in [3.05, 3.63) is 29.8 Å². The lowest BCUT2D eigenvalue weighted by Crippen LogP contribution is -2.36. The number of anilines is 1. The van der Waals surface area contributed by atoms with Gasteiger partial charge in [0.2, 0.25) is 0 Å². The first kappa shape index (κ1) is 11.9. The highest BCUT2D eigenvalue weighted by molar-refractivity contribution is 5.88. The van der Waals surface area contributed by atoms with Gasteiger partial charge in [-0.2, -0.15) is 0 Å². The molecule has 4 nitrogen and oxygen atoms in total. The van der Waals surface area contributed by atoms with E-state index in [9.17, 15) is 9.90 Å². The fourth-order valence-corrected chi connectivity index (χ4v) is 2.24. The van der Waals surface area contributed by atoms with Gasteiger partial charge in [0.05, 0.1) is 17.7 Å². The van der Waals surface area contributed by atoms with E-state index in [1.54, 1.807) is 18.2 Å². The van der Waals surface area contributed by atoms with Crippen molar-refractivity contribution in [2.45, 2.75) is 37.8 Å². The van der Waals surface area contributed by atoms with Gasteiger partial charge in [0.1, 0.15) is 0 Å². The molecule has 1 saturated carbocycles. The minimum Gasteiger partial charge on any atom is -0.478 e. The summed E-state index contributed by atoms with van der Waals surface area (Å²) in [6.07, 6.45) is 3.58. The van der Waals surface area contributed by atoms with Gasteiger partial charge < -0.3 is 15.5 Å². The molecule has 1 aromatic rings. The number of aliphatic hydroxyl groups excluding tert-OH is 1. The quantitative estimate of drug-likeness (QED) is 0.750. The molecule has 4 heteroatoms. The molecule has 3 N–H and O–H groups in total. The van der Waals surface area contributed by atoms with E-state index in [1.165, 1.54) is 0 Å². The molecule has 0 spiro atoms. The molecule has 1 aromatic carbocycles. The van der Waals surface area contributed by atoms with Gasteiger partial charge in [-0.15, -0.1) is 0 Å². The van der Waals surface area contributed by atoms with Crippen LogP contribution in [-0.4, -0.2) is 28.3 Å². The standard InChI is InChI=1S/C13H17NO3/c15-12-7-2-1-6-11(12)14-10-5-3-4-9(8-10)13(16)17/h3-5,8,11-12,14-15H,1-2,6-7H2,(H,16,17). The van der Waals surface area contributed by atoms with Crippen molar-refractivity contribution in [2.75, 3.05) is 5.32 Å². The normalized spacial score (nSPS) is 24.3. The molecule has 17 heavy (non-hydrogen) atoms. The van der Waals surface area contributed by atoms with Crippen LogP contribution in [0.4, 0.5) is 5.69 Å². The number of aliphatic hydroxyl groups is 1. The minimum atomic E-state index is -0.933. The van der Waals surface area contributed by atoms with Crippen LogP contribution in [-0.2, 0) is 0 Å². The van der Waals surface area contributed by atoms with Crippen LogP contribution in [0.3, 0.4) is 0 Å². The van der Waals surface area contributed by atoms with E-state index in [0.717, 1.165) is 31.4 Å². The number of benzene rings is 1. The lowest BCUT2D eigenvalue weighted by atomic mass is 9.92. The van der Waals surface area contributed by atoms with E-state index in [0.29, 0.717) is 0 Å². The molecule has 2 unspecified atom stereocenters. The van der Waals surface area contributed by atoms with Crippen molar-refractivity contribution in [2.24, 2.45) is 0 Å². The summed E-state index contributed by atoms with van der Waals surface area (Å²) >= 11 is 0. The summed E-state index contributed by atoms with van der Waals surface area (Å²) in [5.74, 6) is -0.933.